The number of hydrogen-bond donors (Lipinski definition) is 0. The Labute approximate surface area is 143 Å². The number of benzene rings is 1. The second-order valence-electron chi connectivity index (χ2n) is 7.42. The summed E-state index contributed by atoms with van der Waals surface area (Å²) in [7, 11) is 1.64. The Morgan fingerprint density at radius 3 is 2.46 bits per heavy atom. The third-order valence-corrected chi connectivity index (χ3v) is 4.89. The fourth-order valence-electron chi connectivity index (χ4n) is 3.76. The summed E-state index contributed by atoms with van der Waals surface area (Å²) < 4.78 is 5.18. The standard InChI is InChI=1S/C19H26N2O3/c1-13-9-14(2)12-21(11-13)18(22)19(3)10-17(20-24-19)15-5-7-16(23-4)8-6-15/h5-8,13-14H,9-12H2,1-4H3. The van der Waals surface area contributed by atoms with Gasteiger partial charge in [-0.1, -0.05) is 19.0 Å². The van der Waals surface area contributed by atoms with Crippen LogP contribution in [0.25, 0.3) is 0 Å². The summed E-state index contributed by atoms with van der Waals surface area (Å²) >= 11 is 0. The molecule has 130 valence electrons. The molecule has 5 nitrogen and oxygen atoms in total. The molecule has 1 amide bonds. The zero-order valence-corrected chi connectivity index (χ0v) is 14.9. The van der Waals surface area contributed by atoms with Crippen molar-refractivity contribution in [2.45, 2.75) is 39.2 Å². The molecule has 0 bridgehead atoms. The largest absolute Gasteiger partial charge is 0.497 e. The van der Waals surface area contributed by atoms with Gasteiger partial charge in [-0.25, -0.2) is 0 Å². The molecule has 2 aliphatic rings. The summed E-state index contributed by atoms with van der Waals surface area (Å²) in [4.78, 5) is 20.6. The highest BCUT2D eigenvalue weighted by Gasteiger charge is 2.45. The number of carbonyl (C=O) groups excluding carboxylic acids is 1. The molecule has 1 saturated heterocycles. The van der Waals surface area contributed by atoms with Crippen molar-refractivity contribution in [2.75, 3.05) is 20.2 Å². The molecule has 1 fully saturated rings. The Balaban J connectivity index is 1.70. The molecule has 24 heavy (non-hydrogen) atoms. The Hall–Kier alpha value is -2.04. The number of amides is 1. The molecule has 0 radical (unpaired) electrons. The van der Waals surface area contributed by atoms with Crippen molar-refractivity contribution in [3.8, 4) is 5.75 Å². The minimum Gasteiger partial charge on any atom is -0.497 e. The van der Waals surface area contributed by atoms with E-state index in [4.69, 9.17) is 9.57 Å². The lowest BCUT2D eigenvalue weighted by molar-refractivity contribution is -0.156. The van der Waals surface area contributed by atoms with Crippen molar-refractivity contribution in [3.05, 3.63) is 29.8 Å². The van der Waals surface area contributed by atoms with Crippen LogP contribution >= 0.6 is 0 Å². The van der Waals surface area contributed by atoms with Crippen LogP contribution in [0, 0.1) is 11.8 Å². The van der Waals surface area contributed by atoms with Crippen molar-refractivity contribution < 1.29 is 14.4 Å². The molecular weight excluding hydrogens is 304 g/mol. The molecule has 0 spiro atoms. The molecular formula is C19H26N2O3. The molecule has 1 aromatic carbocycles. The number of carbonyl (C=O) groups is 1. The molecule has 0 saturated carbocycles. The van der Waals surface area contributed by atoms with Gasteiger partial charge in [0.15, 0.2) is 0 Å². The normalized spacial score (nSPS) is 29.8. The number of ether oxygens (including phenoxy) is 1. The van der Waals surface area contributed by atoms with E-state index in [1.54, 1.807) is 7.11 Å². The lowest BCUT2D eigenvalue weighted by atomic mass is 9.89. The zero-order valence-electron chi connectivity index (χ0n) is 14.9. The van der Waals surface area contributed by atoms with Crippen molar-refractivity contribution in [1.82, 2.24) is 4.90 Å². The Bertz CT molecular complexity index is 631. The van der Waals surface area contributed by atoms with E-state index < -0.39 is 5.60 Å². The van der Waals surface area contributed by atoms with Crippen LogP contribution in [0.1, 0.15) is 39.2 Å². The summed E-state index contributed by atoms with van der Waals surface area (Å²) in [5, 5.41) is 4.20. The number of nitrogens with zero attached hydrogens (tertiary/aromatic N) is 2. The van der Waals surface area contributed by atoms with Gasteiger partial charge in [-0.15, -0.1) is 0 Å². The lowest BCUT2D eigenvalue weighted by Gasteiger charge is -2.38. The Kier molecular flexibility index (Phi) is 4.52. The first-order valence-electron chi connectivity index (χ1n) is 8.60. The fourth-order valence-corrected chi connectivity index (χ4v) is 3.76. The summed E-state index contributed by atoms with van der Waals surface area (Å²) in [5.41, 5.74) is 0.880. The van der Waals surface area contributed by atoms with Gasteiger partial charge in [-0.2, -0.15) is 0 Å². The SMILES string of the molecule is COc1ccc(C2=NOC(C)(C(=O)N3CC(C)CC(C)C3)C2)cc1. The van der Waals surface area contributed by atoms with Gasteiger partial charge in [-0.3, -0.25) is 4.79 Å². The van der Waals surface area contributed by atoms with Crippen LogP contribution < -0.4 is 4.74 Å². The van der Waals surface area contributed by atoms with Crippen LogP contribution in [-0.4, -0.2) is 42.3 Å². The first-order chi connectivity index (χ1) is 11.4. The number of rotatable bonds is 3. The van der Waals surface area contributed by atoms with Gasteiger partial charge in [0, 0.05) is 19.5 Å². The van der Waals surface area contributed by atoms with E-state index in [2.05, 4.69) is 19.0 Å². The smallest absolute Gasteiger partial charge is 0.269 e. The van der Waals surface area contributed by atoms with E-state index in [0.29, 0.717) is 18.3 Å². The van der Waals surface area contributed by atoms with Gasteiger partial charge >= 0.3 is 0 Å². The molecule has 5 heteroatoms. The van der Waals surface area contributed by atoms with Crippen LogP contribution in [0.3, 0.4) is 0 Å². The van der Waals surface area contributed by atoms with Crippen molar-refractivity contribution in [3.63, 3.8) is 0 Å². The van der Waals surface area contributed by atoms with Crippen molar-refractivity contribution in [1.29, 1.82) is 0 Å². The van der Waals surface area contributed by atoms with Gasteiger partial charge < -0.3 is 14.5 Å². The van der Waals surface area contributed by atoms with E-state index in [0.717, 1.165) is 30.1 Å². The highest BCUT2D eigenvalue weighted by atomic mass is 16.7. The molecule has 3 unspecified atom stereocenters. The average Bonchev–Trinajstić information content (AvgIpc) is 2.97. The molecule has 0 aromatic heterocycles. The van der Waals surface area contributed by atoms with E-state index in [9.17, 15) is 4.79 Å². The quantitative estimate of drug-likeness (QED) is 0.856. The maximum Gasteiger partial charge on any atom is 0.269 e. The Morgan fingerprint density at radius 1 is 1.25 bits per heavy atom. The molecule has 3 rings (SSSR count). The number of methoxy groups -OCH3 is 1. The number of piperidine rings is 1. The third-order valence-electron chi connectivity index (χ3n) is 4.89. The highest BCUT2D eigenvalue weighted by molar-refractivity contribution is 6.05. The first-order valence-corrected chi connectivity index (χ1v) is 8.60. The van der Waals surface area contributed by atoms with Crippen LogP contribution in [-0.2, 0) is 9.63 Å². The highest BCUT2D eigenvalue weighted by Crippen LogP contribution is 2.31. The molecule has 3 atom stereocenters. The van der Waals surface area contributed by atoms with E-state index in [1.807, 2.05) is 36.1 Å². The van der Waals surface area contributed by atoms with Gasteiger partial charge in [0.05, 0.1) is 12.8 Å². The van der Waals surface area contributed by atoms with Crippen molar-refractivity contribution in [2.24, 2.45) is 17.0 Å². The monoisotopic (exact) mass is 330 g/mol. The van der Waals surface area contributed by atoms with Crippen LogP contribution in [0.15, 0.2) is 29.4 Å². The van der Waals surface area contributed by atoms with Crippen LogP contribution in [0.2, 0.25) is 0 Å². The zero-order chi connectivity index (χ0) is 17.3. The fraction of sp³-hybridized carbons (Fsp3) is 0.579. The molecule has 1 aromatic rings. The second kappa shape index (κ2) is 6.46. The number of hydrogen-bond acceptors (Lipinski definition) is 4. The first kappa shape index (κ1) is 16.8. The van der Waals surface area contributed by atoms with Gasteiger partial charge in [0.1, 0.15) is 5.75 Å². The maximum atomic E-state index is 13.0. The maximum absolute atomic E-state index is 13.0. The van der Waals surface area contributed by atoms with Gasteiger partial charge in [0.2, 0.25) is 5.60 Å². The lowest BCUT2D eigenvalue weighted by Crippen LogP contribution is -2.52. The van der Waals surface area contributed by atoms with Crippen LogP contribution in [0.5, 0.6) is 5.75 Å². The molecule has 0 N–H and O–H groups in total. The summed E-state index contributed by atoms with van der Waals surface area (Å²) in [5.74, 6) is 1.91. The number of likely N-dealkylation sites (tertiary alicyclic amines) is 1. The number of oxime groups is 1. The minimum atomic E-state index is -0.897. The predicted molar refractivity (Wildman–Crippen MR) is 93.2 cm³/mol. The second-order valence-corrected chi connectivity index (χ2v) is 7.42. The molecule has 2 aliphatic heterocycles. The van der Waals surface area contributed by atoms with E-state index in [-0.39, 0.29) is 5.91 Å². The predicted octanol–water partition coefficient (Wildman–Crippen LogP) is 3.08. The van der Waals surface area contributed by atoms with Crippen LogP contribution in [0.4, 0.5) is 0 Å². The van der Waals surface area contributed by atoms with Gasteiger partial charge in [-0.05, 0) is 55.0 Å². The average molecular weight is 330 g/mol. The van der Waals surface area contributed by atoms with Crippen molar-refractivity contribution >= 4 is 11.6 Å². The minimum absolute atomic E-state index is 0.0492. The summed E-state index contributed by atoms with van der Waals surface area (Å²) in [6.07, 6.45) is 1.67. The summed E-state index contributed by atoms with van der Waals surface area (Å²) in [6, 6.07) is 7.68. The third kappa shape index (κ3) is 3.25. The Morgan fingerprint density at radius 2 is 1.88 bits per heavy atom. The topological polar surface area (TPSA) is 51.1 Å². The molecule has 2 heterocycles. The molecule has 0 aliphatic carbocycles. The van der Waals surface area contributed by atoms with Gasteiger partial charge in [0.25, 0.3) is 5.91 Å². The van der Waals surface area contributed by atoms with E-state index >= 15 is 0 Å². The summed E-state index contributed by atoms with van der Waals surface area (Å²) in [6.45, 7) is 7.86. The van der Waals surface area contributed by atoms with E-state index in [1.165, 1.54) is 6.42 Å².